The second kappa shape index (κ2) is 5.42. The Kier molecular flexibility index (Phi) is 3.91. The van der Waals surface area contributed by atoms with Crippen molar-refractivity contribution in [3.05, 3.63) is 28.2 Å². The highest BCUT2D eigenvalue weighted by atomic mass is 32.1. The number of amides is 1. The minimum Gasteiger partial charge on any atom is -0.330 e. The van der Waals surface area contributed by atoms with Gasteiger partial charge in [0.25, 0.3) is 5.91 Å². The van der Waals surface area contributed by atoms with Gasteiger partial charge in [-0.1, -0.05) is 25.5 Å². The summed E-state index contributed by atoms with van der Waals surface area (Å²) in [5.74, 6) is 0.00111. The van der Waals surface area contributed by atoms with Crippen molar-refractivity contribution in [3.8, 4) is 0 Å². The number of nitrogens with zero attached hydrogens (tertiary/aromatic N) is 2. The molecule has 1 aliphatic heterocycles. The van der Waals surface area contributed by atoms with Crippen LogP contribution in [0, 0.1) is 0 Å². The fourth-order valence-corrected chi connectivity index (χ4v) is 2.63. The topological polar surface area (TPSA) is 59.2 Å². The Balaban J connectivity index is 2.04. The molecular weight excluding hydrogens is 234 g/mol. The molecule has 1 aromatic heterocycles. The lowest BCUT2D eigenvalue weighted by Crippen LogP contribution is -2.28. The van der Waals surface area contributed by atoms with Crippen LogP contribution in [0.3, 0.4) is 0 Å². The van der Waals surface area contributed by atoms with Crippen LogP contribution in [0.2, 0.25) is 0 Å². The van der Waals surface area contributed by atoms with Crippen LogP contribution in [0.5, 0.6) is 0 Å². The summed E-state index contributed by atoms with van der Waals surface area (Å²) in [6.07, 6.45) is 5.93. The van der Waals surface area contributed by atoms with Crippen molar-refractivity contribution < 1.29 is 4.79 Å². The molecule has 2 heterocycles. The third-order valence-corrected chi connectivity index (χ3v) is 3.74. The fraction of sp³-hybridized carbons (Fsp3) is 0.500. The smallest absolute Gasteiger partial charge is 0.273 e. The molecule has 0 radical (unpaired) electrons. The maximum Gasteiger partial charge on any atom is 0.273 e. The van der Waals surface area contributed by atoms with Crippen molar-refractivity contribution in [2.75, 3.05) is 13.1 Å². The summed E-state index contributed by atoms with van der Waals surface area (Å²) in [6, 6.07) is -0.0387. The summed E-state index contributed by atoms with van der Waals surface area (Å²) in [4.78, 5) is 18.1. The molecule has 0 fully saturated rings. The van der Waals surface area contributed by atoms with E-state index in [1.54, 1.807) is 4.90 Å². The summed E-state index contributed by atoms with van der Waals surface area (Å²) < 4.78 is 0. The highest BCUT2D eigenvalue weighted by Gasteiger charge is 2.20. The number of nitrogens with two attached hydrogens (primary N) is 1. The van der Waals surface area contributed by atoms with E-state index in [0.29, 0.717) is 18.8 Å². The predicted molar refractivity (Wildman–Crippen MR) is 69.0 cm³/mol. The van der Waals surface area contributed by atoms with E-state index < -0.39 is 0 Å². The zero-order chi connectivity index (χ0) is 12.3. The molecule has 92 valence electrons. The minimum absolute atomic E-state index is 0.00111. The highest BCUT2D eigenvalue weighted by molar-refractivity contribution is 7.09. The molecule has 1 unspecified atom stereocenters. The average Bonchev–Trinajstić information content (AvgIpc) is 3.00. The van der Waals surface area contributed by atoms with Crippen LogP contribution in [0.15, 0.2) is 17.5 Å². The number of carbonyl (C=O) groups excluding carboxylic acids is 1. The van der Waals surface area contributed by atoms with Crippen LogP contribution in [0.4, 0.5) is 0 Å². The average molecular weight is 251 g/mol. The Morgan fingerprint density at radius 3 is 2.94 bits per heavy atom. The Bertz CT molecular complexity index is 419. The first kappa shape index (κ1) is 12.3. The van der Waals surface area contributed by atoms with E-state index in [1.165, 1.54) is 11.3 Å². The first-order valence-electron chi connectivity index (χ1n) is 5.87. The lowest BCUT2D eigenvalue weighted by atomic mass is 10.2. The standard InChI is InChI=1S/C12H17N3OS/c1-2-5-9(13)11-14-10(8-17-11)12(16)15-6-3-4-7-15/h3-4,8-9H,2,5-7,13H2,1H3. The van der Waals surface area contributed by atoms with Gasteiger partial charge >= 0.3 is 0 Å². The van der Waals surface area contributed by atoms with Gasteiger partial charge in [-0.05, 0) is 6.42 Å². The molecule has 0 aliphatic carbocycles. The van der Waals surface area contributed by atoms with Crippen molar-refractivity contribution in [2.45, 2.75) is 25.8 Å². The van der Waals surface area contributed by atoms with E-state index in [4.69, 9.17) is 5.73 Å². The van der Waals surface area contributed by atoms with Gasteiger partial charge < -0.3 is 10.6 Å². The zero-order valence-electron chi connectivity index (χ0n) is 9.93. The second-order valence-electron chi connectivity index (χ2n) is 4.15. The Labute approximate surface area is 105 Å². The van der Waals surface area contributed by atoms with Gasteiger partial charge in [0.2, 0.25) is 0 Å². The van der Waals surface area contributed by atoms with Crippen molar-refractivity contribution in [3.63, 3.8) is 0 Å². The van der Waals surface area contributed by atoms with Crippen molar-refractivity contribution in [1.82, 2.24) is 9.88 Å². The lowest BCUT2D eigenvalue weighted by molar-refractivity contribution is 0.0795. The van der Waals surface area contributed by atoms with Gasteiger partial charge in [0.05, 0.1) is 6.04 Å². The van der Waals surface area contributed by atoms with Crippen LogP contribution in [-0.2, 0) is 0 Å². The molecule has 1 aromatic rings. The third-order valence-electron chi connectivity index (χ3n) is 2.76. The molecular formula is C12H17N3OS. The molecule has 0 bridgehead atoms. The molecule has 0 aromatic carbocycles. The predicted octanol–water partition coefficient (Wildman–Crippen LogP) is 1.95. The SMILES string of the molecule is CCCC(N)c1nc(C(=O)N2CC=CC2)cs1. The molecule has 5 heteroatoms. The quantitative estimate of drug-likeness (QED) is 0.832. The molecule has 0 spiro atoms. The van der Waals surface area contributed by atoms with Crippen LogP contribution in [0.25, 0.3) is 0 Å². The monoisotopic (exact) mass is 251 g/mol. The summed E-state index contributed by atoms with van der Waals surface area (Å²) in [5, 5.41) is 2.67. The normalized spacial score (nSPS) is 16.5. The van der Waals surface area contributed by atoms with Crippen LogP contribution >= 0.6 is 11.3 Å². The number of hydrogen-bond acceptors (Lipinski definition) is 4. The molecule has 4 nitrogen and oxygen atoms in total. The number of rotatable bonds is 4. The van der Waals surface area contributed by atoms with Crippen molar-refractivity contribution >= 4 is 17.2 Å². The molecule has 0 saturated carbocycles. The number of hydrogen-bond donors (Lipinski definition) is 1. The summed E-state index contributed by atoms with van der Waals surface area (Å²) in [5.41, 5.74) is 6.51. The Hall–Kier alpha value is -1.20. The van der Waals surface area contributed by atoms with E-state index in [2.05, 4.69) is 11.9 Å². The van der Waals surface area contributed by atoms with Crippen molar-refractivity contribution in [2.24, 2.45) is 5.73 Å². The van der Waals surface area contributed by atoms with Gasteiger partial charge in [0.15, 0.2) is 0 Å². The van der Waals surface area contributed by atoms with Gasteiger partial charge in [-0.25, -0.2) is 4.98 Å². The first-order valence-corrected chi connectivity index (χ1v) is 6.75. The molecule has 17 heavy (non-hydrogen) atoms. The molecule has 1 aliphatic rings. The van der Waals surface area contributed by atoms with Crippen molar-refractivity contribution in [1.29, 1.82) is 0 Å². The van der Waals surface area contributed by atoms with E-state index in [1.807, 2.05) is 17.5 Å². The Morgan fingerprint density at radius 1 is 1.59 bits per heavy atom. The fourth-order valence-electron chi connectivity index (χ4n) is 1.80. The summed E-state index contributed by atoms with van der Waals surface area (Å²) >= 11 is 1.48. The van der Waals surface area contributed by atoms with Gasteiger partial charge in [-0.3, -0.25) is 4.79 Å². The summed E-state index contributed by atoms with van der Waals surface area (Å²) in [6.45, 7) is 3.47. The number of carbonyl (C=O) groups is 1. The van der Waals surface area contributed by atoms with E-state index in [-0.39, 0.29) is 11.9 Å². The summed E-state index contributed by atoms with van der Waals surface area (Å²) in [7, 11) is 0. The van der Waals surface area contributed by atoms with E-state index in [9.17, 15) is 4.79 Å². The second-order valence-corrected chi connectivity index (χ2v) is 5.04. The van der Waals surface area contributed by atoms with Gasteiger partial charge in [0.1, 0.15) is 10.7 Å². The lowest BCUT2D eigenvalue weighted by Gasteiger charge is -2.13. The minimum atomic E-state index is -0.0387. The number of aromatic nitrogens is 1. The molecule has 0 saturated heterocycles. The van der Waals surface area contributed by atoms with E-state index >= 15 is 0 Å². The molecule has 1 amide bonds. The highest BCUT2D eigenvalue weighted by Crippen LogP contribution is 2.21. The largest absolute Gasteiger partial charge is 0.330 e. The maximum absolute atomic E-state index is 12.0. The van der Waals surface area contributed by atoms with Gasteiger partial charge in [-0.2, -0.15) is 0 Å². The molecule has 1 atom stereocenters. The first-order chi connectivity index (χ1) is 8.22. The van der Waals surface area contributed by atoms with E-state index in [0.717, 1.165) is 17.8 Å². The maximum atomic E-state index is 12.0. The van der Waals surface area contributed by atoms with Crippen LogP contribution in [0.1, 0.15) is 41.3 Å². The van der Waals surface area contributed by atoms with Gasteiger partial charge in [0, 0.05) is 18.5 Å². The van der Waals surface area contributed by atoms with Gasteiger partial charge in [-0.15, -0.1) is 11.3 Å². The number of thiazole rings is 1. The van der Waals surface area contributed by atoms with Crippen LogP contribution < -0.4 is 5.73 Å². The molecule has 2 N–H and O–H groups in total. The Morgan fingerprint density at radius 2 is 2.29 bits per heavy atom. The molecule has 2 rings (SSSR count). The van der Waals surface area contributed by atoms with Crippen LogP contribution in [-0.4, -0.2) is 28.9 Å². The third kappa shape index (κ3) is 2.73. The zero-order valence-corrected chi connectivity index (χ0v) is 10.7.